The van der Waals surface area contributed by atoms with Gasteiger partial charge in [0.1, 0.15) is 6.10 Å². The van der Waals surface area contributed by atoms with E-state index in [0.717, 1.165) is 21.1 Å². The standard InChI is InChI=1S/C4H5ClOS2/c1-3-4(2)6-8-7-5/h1,4H,2H3. The van der Waals surface area contributed by atoms with Crippen molar-refractivity contribution in [1.82, 2.24) is 0 Å². The van der Waals surface area contributed by atoms with Gasteiger partial charge in [0.2, 0.25) is 0 Å². The maximum Gasteiger partial charge on any atom is 0.130 e. The maximum atomic E-state index is 5.19. The Hall–Kier alpha value is 0.510. The molecule has 4 heteroatoms. The minimum atomic E-state index is -0.161. The lowest BCUT2D eigenvalue weighted by atomic mass is 10.4. The topological polar surface area (TPSA) is 9.23 Å². The second-order valence-electron chi connectivity index (χ2n) is 1.04. The molecule has 0 saturated heterocycles. The van der Waals surface area contributed by atoms with Crippen LogP contribution in [0.5, 0.6) is 0 Å². The summed E-state index contributed by atoms with van der Waals surface area (Å²) in [5.74, 6) is 2.38. The number of hydrogen-bond donors (Lipinski definition) is 0. The Morgan fingerprint density at radius 2 is 2.50 bits per heavy atom. The highest BCUT2D eigenvalue weighted by molar-refractivity contribution is 8.83. The zero-order valence-corrected chi connectivity index (χ0v) is 6.65. The van der Waals surface area contributed by atoms with E-state index in [1.807, 2.05) is 0 Å². The van der Waals surface area contributed by atoms with Gasteiger partial charge in [-0.05, 0) is 17.6 Å². The second kappa shape index (κ2) is 5.64. The Morgan fingerprint density at radius 1 is 1.88 bits per heavy atom. The number of terminal acetylenes is 1. The van der Waals surface area contributed by atoms with E-state index >= 15 is 0 Å². The summed E-state index contributed by atoms with van der Waals surface area (Å²) in [4.78, 5) is 0. The molecule has 1 atom stereocenters. The Balaban J connectivity index is 3.02. The van der Waals surface area contributed by atoms with Crippen molar-refractivity contribution in [3.63, 3.8) is 0 Å². The summed E-state index contributed by atoms with van der Waals surface area (Å²) in [6.07, 6.45) is 4.81. The molecule has 46 valence electrons. The molecule has 0 heterocycles. The van der Waals surface area contributed by atoms with Crippen molar-refractivity contribution < 1.29 is 4.18 Å². The minimum absolute atomic E-state index is 0.161. The van der Waals surface area contributed by atoms with Gasteiger partial charge in [-0.25, -0.2) is 0 Å². The fourth-order valence-corrected chi connectivity index (χ4v) is 1.01. The van der Waals surface area contributed by atoms with E-state index in [-0.39, 0.29) is 6.10 Å². The molecule has 0 fully saturated rings. The molecule has 0 radical (unpaired) electrons. The third-order valence-corrected chi connectivity index (χ3v) is 1.72. The van der Waals surface area contributed by atoms with E-state index in [4.69, 9.17) is 21.3 Å². The summed E-state index contributed by atoms with van der Waals surface area (Å²) in [6.45, 7) is 1.78. The highest BCUT2D eigenvalue weighted by atomic mass is 35.7. The van der Waals surface area contributed by atoms with Crippen LogP contribution in [0, 0.1) is 12.3 Å². The van der Waals surface area contributed by atoms with Crippen molar-refractivity contribution in [2.45, 2.75) is 13.0 Å². The Bertz CT molecular complexity index is 90.5. The molecule has 8 heavy (non-hydrogen) atoms. The van der Waals surface area contributed by atoms with Crippen LogP contribution in [0.2, 0.25) is 0 Å². The van der Waals surface area contributed by atoms with Gasteiger partial charge in [-0.2, -0.15) is 0 Å². The van der Waals surface area contributed by atoms with Crippen molar-refractivity contribution in [3.05, 3.63) is 0 Å². The van der Waals surface area contributed by atoms with Gasteiger partial charge in [-0.1, -0.05) is 5.92 Å². The summed E-state index contributed by atoms with van der Waals surface area (Å²) in [5.41, 5.74) is 0. The fraction of sp³-hybridized carbons (Fsp3) is 0.500. The number of hydrogen-bond acceptors (Lipinski definition) is 3. The molecule has 0 spiro atoms. The molecule has 0 aliphatic heterocycles. The van der Waals surface area contributed by atoms with E-state index in [0.29, 0.717) is 0 Å². The molecule has 0 aromatic carbocycles. The van der Waals surface area contributed by atoms with E-state index in [1.165, 1.54) is 0 Å². The predicted molar refractivity (Wildman–Crippen MR) is 40.4 cm³/mol. The van der Waals surface area contributed by atoms with Gasteiger partial charge in [-0.15, -0.1) is 6.42 Å². The Kier molecular flexibility index (Phi) is 6.00. The highest BCUT2D eigenvalue weighted by Gasteiger charge is 1.94. The molecule has 0 aliphatic carbocycles. The predicted octanol–water partition coefficient (Wildman–Crippen LogP) is 2.47. The molecule has 1 nitrogen and oxygen atoms in total. The molecule has 1 unspecified atom stereocenters. The van der Waals surface area contributed by atoms with Crippen LogP contribution in [0.1, 0.15) is 6.92 Å². The maximum absolute atomic E-state index is 5.19. The summed E-state index contributed by atoms with van der Waals surface area (Å²) in [6, 6.07) is 0. The average Bonchev–Trinajstić information content (AvgIpc) is 1.83. The van der Waals surface area contributed by atoms with Crippen molar-refractivity contribution in [2.75, 3.05) is 0 Å². The smallest absolute Gasteiger partial charge is 0.130 e. The van der Waals surface area contributed by atoms with Gasteiger partial charge < -0.3 is 0 Å². The van der Waals surface area contributed by atoms with Crippen LogP contribution in [0.4, 0.5) is 0 Å². The van der Waals surface area contributed by atoms with E-state index in [1.54, 1.807) is 6.92 Å². The summed E-state index contributed by atoms with van der Waals surface area (Å²) >= 11 is 1.08. The normalized spacial score (nSPS) is 12.6. The number of halogens is 1. The first-order chi connectivity index (χ1) is 3.81. The van der Waals surface area contributed by atoms with E-state index in [9.17, 15) is 0 Å². The lowest BCUT2D eigenvalue weighted by Gasteiger charge is -1.98. The lowest BCUT2D eigenvalue weighted by Crippen LogP contribution is -1.95. The van der Waals surface area contributed by atoms with Crippen LogP contribution >= 0.6 is 31.8 Å². The van der Waals surface area contributed by atoms with Crippen LogP contribution in [0.25, 0.3) is 0 Å². The van der Waals surface area contributed by atoms with Crippen molar-refractivity contribution in [1.29, 1.82) is 0 Å². The van der Waals surface area contributed by atoms with Crippen LogP contribution in [0.15, 0.2) is 0 Å². The largest absolute Gasteiger partial charge is 0.288 e. The molecule has 0 bridgehead atoms. The van der Waals surface area contributed by atoms with Crippen LogP contribution in [0.3, 0.4) is 0 Å². The summed E-state index contributed by atoms with van der Waals surface area (Å²) in [5, 5.41) is 0. The number of rotatable bonds is 3. The molecule has 0 rings (SSSR count). The highest BCUT2D eigenvalue weighted by Crippen LogP contribution is 2.27. The van der Waals surface area contributed by atoms with Gasteiger partial charge >= 0.3 is 0 Å². The molecule has 0 aromatic heterocycles. The quantitative estimate of drug-likeness (QED) is 0.364. The van der Waals surface area contributed by atoms with Crippen molar-refractivity contribution >= 4 is 31.8 Å². The van der Waals surface area contributed by atoms with Crippen LogP contribution < -0.4 is 0 Å². The molecular weight excluding hydrogens is 164 g/mol. The first kappa shape index (κ1) is 8.51. The average molecular weight is 169 g/mol. The lowest BCUT2D eigenvalue weighted by molar-refractivity contribution is 0.337. The van der Waals surface area contributed by atoms with Gasteiger partial charge in [0, 0.05) is 10.0 Å². The van der Waals surface area contributed by atoms with Gasteiger partial charge in [0.25, 0.3) is 0 Å². The minimum Gasteiger partial charge on any atom is -0.288 e. The Labute approximate surface area is 61.6 Å². The molecule has 0 amide bonds. The van der Waals surface area contributed by atoms with Crippen molar-refractivity contribution in [3.8, 4) is 12.3 Å². The summed E-state index contributed by atoms with van der Waals surface area (Å²) in [7, 11) is 6.21. The zero-order valence-electron chi connectivity index (χ0n) is 4.26. The first-order valence-corrected chi connectivity index (χ1v) is 4.78. The first-order valence-electron chi connectivity index (χ1n) is 1.88. The summed E-state index contributed by atoms with van der Waals surface area (Å²) < 4.78 is 4.85. The molecule has 0 N–H and O–H groups in total. The van der Waals surface area contributed by atoms with Crippen LogP contribution in [-0.4, -0.2) is 6.10 Å². The van der Waals surface area contributed by atoms with E-state index in [2.05, 4.69) is 5.92 Å². The molecule has 0 aliphatic rings. The fourth-order valence-electron chi connectivity index (χ4n) is 0.102. The van der Waals surface area contributed by atoms with Gasteiger partial charge in [-0.3, -0.25) is 4.18 Å². The zero-order chi connectivity index (χ0) is 6.41. The third kappa shape index (κ3) is 4.66. The van der Waals surface area contributed by atoms with Gasteiger partial charge in [0.15, 0.2) is 0 Å². The van der Waals surface area contributed by atoms with Crippen LogP contribution in [-0.2, 0) is 4.18 Å². The molecule has 0 saturated carbocycles. The third-order valence-electron chi connectivity index (χ3n) is 0.444. The second-order valence-corrected chi connectivity index (χ2v) is 3.41. The SMILES string of the molecule is C#CC(C)OSSCl. The Morgan fingerprint density at radius 3 is 2.88 bits per heavy atom. The van der Waals surface area contributed by atoms with Gasteiger partial charge in [0.05, 0.1) is 11.1 Å². The van der Waals surface area contributed by atoms with E-state index < -0.39 is 0 Å². The molecular formula is C4H5ClOS2. The van der Waals surface area contributed by atoms with Crippen molar-refractivity contribution in [2.24, 2.45) is 0 Å². The molecule has 0 aromatic rings. The monoisotopic (exact) mass is 168 g/mol.